The van der Waals surface area contributed by atoms with Crippen molar-refractivity contribution < 1.29 is 12.1 Å². The fraction of sp³-hybridized carbons (Fsp3) is 0.211. The Morgan fingerprint density at radius 3 is 3.12 bits per heavy atom. The van der Waals surface area contributed by atoms with E-state index in [1.165, 1.54) is 12.5 Å². The predicted molar refractivity (Wildman–Crippen MR) is 102 cm³/mol. The zero-order valence-electron chi connectivity index (χ0n) is 14.1. The van der Waals surface area contributed by atoms with Gasteiger partial charge in [-0.2, -0.15) is 0 Å². The van der Waals surface area contributed by atoms with Crippen molar-refractivity contribution in [1.29, 1.82) is 5.41 Å². The van der Waals surface area contributed by atoms with Gasteiger partial charge in [0.15, 0.2) is 0 Å². The highest BCUT2D eigenvalue weighted by molar-refractivity contribution is 6.14. The molecule has 0 bridgehead atoms. The maximum atomic E-state index is 12.6. The van der Waals surface area contributed by atoms with Crippen LogP contribution in [0.4, 0.5) is 11.4 Å². The Bertz CT molecular complexity index is 969. The van der Waals surface area contributed by atoms with E-state index >= 15 is 0 Å². The number of aromatic nitrogens is 2. The van der Waals surface area contributed by atoms with Crippen LogP contribution in [0, 0.1) is 11.3 Å². The molecule has 0 saturated carbocycles. The van der Waals surface area contributed by atoms with Gasteiger partial charge in [-0.15, -0.1) is 0 Å². The summed E-state index contributed by atoms with van der Waals surface area (Å²) in [5, 5.41) is 11.3. The first-order valence-corrected chi connectivity index (χ1v) is 8.42. The van der Waals surface area contributed by atoms with E-state index in [4.69, 9.17) is 15.6 Å². The molecule has 1 aromatic carbocycles. The van der Waals surface area contributed by atoms with Crippen molar-refractivity contribution in [2.75, 3.05) is 11.1 Å². The number of fused-ring (bicyclic) bond motifs is 1. The third kappa shape index (κ3) is 2.99. The Labute approximate surface area is 153 Å². The maximum absolute atomic E-state index is 12.6. The van der Waals surface area contributed by atoms with Gasteiger partial charge in [0.1, 0.15) is 0 Å². The molecular weight excluding hydrogens is 330 g/mol. The Balaban J connectivity index is 0.00000140. The summed E-state index contributed by atoms with van der Waals surface area (Å²) in [6.45, 7) is 0.633. The number of anilines is 2. The highest BCUT2D eigenvalue weighted by Crippen LogP contribution is 2.24. The number of hydrogen-bond acceptors (Lipinski definition) is 5. The number of benzene rings is 1. The fourth-order valence-corrected chi connectivity index (χ4v) is 3.24. The first-order valence-electron chi connectivity index (χ1n) is 8.42. The van der Waals surface area contributed by atoms with Crippen molar-refractivity contribution >= 4 is 23.0 Å². The molecule has 7 nitrogen and oxygen atoms in total. The van der Waals surface area contributed by atoms with Gasteiger partial charge in [0.25, 0.3) is 0 Å². The van der Waals surface area contributed by atoms with Crippen LogP contribution in [0.1, 0.15) is 26.1 Å². The van der Waals surface area contributed by atoms with Crippen LogP contribution in [0.25, 0.3) is 0 Å². The second-order valence-corrected chi connectivity index (χ2v) is 6.45. The number of aryl methyl sites for hydroxylation is 1. The van der Waals surface area contributed by atoms with Gasteiger partial charge in [0.2, 0.25) is 5.91 Å². The summed E-state index contributed by atoms with van der Waals surface area (Å²) >= 11 is 0. The zero-order valence-corrected chi connectivity index (χ0v) is 14.1. The molecule has 0 fully saturated rings. The van der Waals surface area contributed by atoms with E-state index in [2.05, 4.69) is 10.3 Å². The molecule has 7 heteroatoms. The minimum atomic E-state index is -0.106. The molecule has 4 rings (SSSR count). The number of nitrogens with one attached hydrogen (secondary N) is 2. The van der Waals surface area contributed by atoms with Crippen LogP contribution < -0.4 is 11.1 Å². The van der Waals surface area contributed by atoms with Crippen LogP contribution in [0.3, 0.4) is 0 Å². The SMILES string of the molecule is N=C(c1ccoc1)c1cc(NC(=O)C2CCc3cncn3C2)ccc1N.[HH].[HH]. The first kappa shape index (κ1) is 16.1. The van der Waals surface area contributed by atoms with Gasteiger partial charge in [-0.05, 0) is 37.1 Å². The lowest BCUT2D eigenvalue weighted by Crippen LogP contribution is -2.30. The molecule has 0 radical (unpaired) electrons. The smallest absolute Gasteiger partial charge is 0.229 e. The quantitative estimate of drug-likeness (QED) is 0.494. The highest BCUT2D eigenvalue weighted by Gasteiger charge is 2.25. The number of hydrogen-bond donors (Lipinski definition) is 3. The molecule has 136 valence electrons. The average molecular weight is 353 g/mol. The Morgan fingerprint density at radius 1 is 1.42 bits per heavy atom. The molecule has 0 spiro atoms. The third-order valence-corrected chi connectivity index (χ3v) is 4.74. The molecule has 0 aliphatic carbocycles. The summed E-state index contributed by atoms with van der Waals surface area (Å²) in [5.41, 5.74) is 9.75. The molecule has 1 atom stereocenters. The predicted octanol–water partition coefficient (Wildman–Crippen LogP) is 3.17. The lowest BCUT2D eigenvalue weighted by Gasteiger charge is -2.23. The van der Waals surface area contributed by atoms with Gasteiger partial charge < -0.3 is 20.0 Å². The van der Waals surface area contributed by atoms with Crippen LogP contribution >= 0.6 is 0 Å². The number of nitrogen functional groups attached to an aromatic ring is 1. The number of carbonyl (C=O) groups excluding carboxylic acids is 1. The Kier molecular flexibility index (Phi) is 4.04. The van der Waals surface area contributed by atoms with Gasteiger partial charge >= 0.3 is 0 Å². The molecular formula is C19H23N5O2. The lowest BCUT2D eigenvalue weighted by atomic mass is 9.97. The van der Waals surface area contributed by atoms with Crippen LogP contribution in [0.2, 0.25) is 0 Å². The fourth-order valence-electron chi connectivity index (χ4n) is 3.24. The molecule has 26 heavy (non-hydrogen) atoms. The first-order chi connectivity index (χ1) is 12.6. The molecule has 3 aromatic rings. The minimum Gasteiger partial charge on any atom is -0.472 e. The number of nitrogens with two attached hydrogens (primary N) is 1. The van der Waals surface area contributed by atoms with E-state index in [-0.39, 0.29) is 20.4 Å². The topological polar surface area (TPSA) is 110 Å². The number of furan rings is 1. The molecule has 1 amide bonds. The van der Waals surface area contributed by atoms with E-state index in [9.17, 15) is 4.79 Å². The lowest BCUT2D eigenvalue weighted by molar-refractivity contribution is -0.120. The normalized spacial score (nSPS) is 16.1. The van der Waals surface area contributed by atoms with Crippen LogP contribution in [-0.2, 0) is 17.8 Å². The van der Waals surface area contributed by atoms with E-state index in [1.807, 2.05) is 10.8 Å². The third-order valence-electron chi connectivity index (χ3n) is 4.74. The molecule has 1 aliphatic rings. The minimum absolute atomic E-state index is 0. The number of rotatable bonds is 4. The number of amides is 1. The number of imidazole rings is 1. The maximum Gasteiger partial charge on any atom is 0.229 e. The van der Waals surface area contributed by atoms with Gasteiger partial charge in [0, 0.05) is 43.8 Å². The monoisotopic (exact) mass is 353 g/mol. The molecule has 1 unspecified atom stereocenters. The average Bonchev–Trinajstić information content (AvgIpc) is 3.33. The molecule has 4 N–H and O–H groups in total. The van der Waals surface area contributed by atoms with Gasteiger partial charge in [0.05, 0.1) is 30.5 Å². The molecule has 3 heterocycles. The Morgan fingerprint density at radius 2 is 2.31 bits per heavy atom. The molecule has 0 saturated heterocycles. The molecule has 1 aliphatic heterocycles. The zero-order chi connectivity index (χ0) is 18.1. The number of nitrogens with zero attached hydrogens (tertiary/aromatic N) is 2. The molecule has 2 aromatic heterocycles. The van der Waals surface area contributed by atoms with Crippen molar-refractivity contribution in [3.05, 3.63) is 66.1 Å². The van der Waals surface area contributed by atoms with Crippen LogP contribution in [-0.4, -0.2) is 21.2 Å². The largest absolute Gasteiger partial charge is 0.472 e. The standard InChI is InChI=1S/C19H19N5O2.2H2/c20-17-4-2-14(7-16(17)18(21)13-5-6-26-10-13)23-19(25)12-1-3-15-8-22-11-24(15)9-12;;/h2,4-8,10-12,21H,1,3,9,20H2,(H,23,25);2*1H. The number of carbonyl (C=O) groups is 1. The van der Waals surface area contributed by atoms with E-state index in [1.54, 1.807) is 30.6 Å². The summed E-state index contributed by atoms with van der Waals surface area (Å²) in [6, 6.07) is 6.89. The van der Waals surface area contributed by atoms with E-state index in [0.717, 1.165) is 18.5 Å². The van der Waals surface area contributed by atoms with Crippen molar-refractivity contribution in [3.8, 4) is 0 Å². The second-order valence-electron chi connectivity index (χ2n) is 6.45. The summed E-state index contributed by atoms with van der Waals surface area (Å²) in [7, 11) is 0. The second kappa shape index (κ2) is 6.51. The van der Waals surface area contributed by atoms with Crippen molar-refractivity contribution in [3.63, 3.8) is 0 Å². The summed E-state index contributed by atoms with van der Waals surface area (Å²) in [4.78, 5) is 16.8. The van der Waals surface area contributed by atoms with Gasteiger partial charge in [-0.3, -0.25) is 10.2 Å². The van der Waals surface area contributed by atoms with Gasteiger partial charge in [-0.25, -0.2) is 4.98 Å². The Hall–Kier alpha value is -3.35. The summed E-state index contributed by atoms with van der Waals surface area (Å²) in [5.74, 6) is -0.138. The summed E-state index contributed by atoms with van der Waals surface area (Å²) in [6.07, 6.45) is 8.27. The van der Waals surface area contributed by atoms with E-state index < -0.39 is 0 Å². The van der Waals surface area contributed by atoms with Crippen molar-refractivity contribution in [1.82, 2.24) is 9.55 Å². The highest BCUT2D eigenvalue weighted by atomic mass is 16.3. The van der Waals surface area contributed by atoms with E-state index in [0.29, 0.717) is 29.0 Å². The van der Waals surface area contributed by atoms with Gasteiger partial charge in [-0.1, -0.05) is 0 Å². The summed E-state index contributed by atoms with van der Waals surface area (Å²) < 4.78 is 7.06. The van der Waals surface area contributed by atoms with Crippen molar-refractivity contribution in [2.24, 2.45) is 5.92 Å². The van der Waals surface area contributed by atoms with Crippen LogP contribution in [0.15, 0.2) is 53.7 Å². The van der Waals surface area contributed by atoms with Crippen molar-refractivity contribution in [2.45, 2.75) is 19.4 Å². The van der Waals surface area contributed by atoms with Crippen LogP contribution in [0.5, 0.6) is 0 Å².